The molecule has 0 amide bonds. The van der Waals surface area contributed by atoms with Gasteiger partial charge in [-0.05, 0) is 18.2 Å². The first-order chi connectivity index (χ1) is 5.41. The van der Waals surface area contributed by atoms with Crippen molar-refractivity contribution in [3.63, 3.8) is 0 Å². The Kier molecular flexibility index (Phi) is 2.67. The molecule has 3 nitrogen and oxygen atoms in total. The standard InChI is InChI=1S/C6H5ClO3S2/c7-5-3-4(12(8,9)10)1-2-6(5)11/h1-3,11H,(H,8,9,10). The zero-order valence-electron chi connectivity index (χ0n) is 5.73. The molecule has 0 aliphatic heterocycles. The molecule has 0 atom stereocenters. The minimum atomic E-state index is -4.16. The summed E-state index contributed by atoms with van der Waals surface area (Å²) >= 11 is 9.50. The lowest BCUT2D eigenvalue weighted by atomic mass is 10.4. The van der Waals surface area contributed by atoms with Gasteiger partial charge in [-0.15, -0.1) is 12.6 Å². The molecule has 0 bridgehead atoms. The second-order valence-electron chi connectivity index (χ2n) is 2.09. The molecule has 0 saturated carbocycles. The molecule has 0 fully saturated rings. The van der Waals surface area contributed by atoms with Crippen LogP contribution in [0.3, 0.4) is 0 Å². The summed E-state index contributed by atoms with van der Waals surface area (Å²) in [7, 11) is -4.16. The van der Waals surface area contributed by atoms with Crippen LogP contribution >= 0.6 is 24.2 Å². The number of hydrogen-bond acceptors (Lipinski definition) is 3. The first kappa shape index (κ1) is 9.85. The fraction of sp³-hybridized carbons (Fsp3) is 0. The SMILES string of the molecule is O=S(=O)(O)c1ccc(S)c(Cl)c1. The largest absolute Gasteiger partial charge is 0.294 e. The maximum absolute atomic E-state index is 10.6. The molecule has 0 radical (unpaired) electrons. The predicted octanol–water partition coefficient (Wildman–Crippen LogP) is 1.88. The third-order valence-electron chi connectivity index (χ3n) is 1.22. The van der Waals surface area contributed by atoms with Crippen LogP contribution in [0.15, 0.2) is 28.0 Å². The molecule has 1 aromatic rings. The fourth-order valence-corrected chi connectivity index (χ4v) is 1.54. The van der Waals surface area contributed by atoms with Gasteiger partial charge in [-0.25, -0.2) is 0 Å². The van der Waals surface area contributed by atoms with Gasteiger partial charge in [0.15, 0.2) is 0 Å². The van der Waals surface area contributed by atoms with Crippen LogP contribution in [0.1, 0.15) is 0 Å². The molecule has 0 spiro atoms. The Morgan fingerprint density at radius 2 is 2.00 bits per heavy atom. The highest BCUT2D eigenvalue weighted by atomic mass is 35.5. The molecular formula is C6H5ClO3S2. The molecule has 6 heteroatoms. The Balaban J connectivity index is 3.33. The van der Waals surface area contributed by atoms with Crippen molar-refractivity contribution in [3.05, 3.63) is 23.2 Å². The molecule has 0 saturated heterocycles. The quantitative estimate of drug-likeness (QED) is 0.566. The molecule has 66 valence electrons. The van der Waals surface area contributed by atoms with Gasteiger partial charge in [0.1, 0.15) is 0 Å². The van der Waals surface area contributed by atoms with E-state index in [1.54, 1.807) is 0 Å². The van der Waals surface area contributed by atoms with Crippen LogP contribution in [-0.4, -0.2) is 13.0 Å². The molecule has 12 heavy (non-hydrogen) atoms. The molecule has 1 aromatic carbocycles. The van der Waals surface area contributed by atoms with Crippen molar-refractivity contribution in [2.75, 3.05) is 0 Å². The van der Waals surface area contributed by atoms with Crippen LogP contribution in [0.4, 0.5) is 0 Å². The van der Waals surface area contributed by atoms with Crippen molar-refractivity contribution < 1.29 is 13.0 Å². The molecule has 1 rings (SSSR count). The fourth-order valence-electron chi connectivity index (χ4n) is 0.648. The van der Waals surface area contributed by atoms with E-state index < -0.39 is 10.1 Å². The second kappa shape index (κ2) is 3.26. The first-order valence-corrected chi connectivity index (χ1v) is 5.14. The average Bonchev–Trinajstić information content (AvgIpc) is 1.92. The van der Waals surface area contributed by atoms with Gasteiger partial charge in [-0.3, -0.25) is 4.55 Å². The zero-order valence-corrected chi connectivity index (χ0v) is 8.20. The Morgan fingerprint density at radius 3 is 2.42 bits per heavy atom. The summed E-state index contributed by atoms with van der Waals surface area (Å²) in [6, 6.07) is 3.76. The number of halogens is 1. The van der Waals surface area contributed by atoms with Crippen LogP contribution in [0.25, 0.3) is 0 Å². The van der Waals surface area contributed by atoms with Crippen molar-refractivity contribution in [1.29, 1.82) is 0 Å². The summed E-state index contributed by atoms with van der Waals surface area (Å²) < 4.78 is 29.7. The van der Waals surface area contributed by atoms with Crippen LogP contribution in [0.2, 0.25) is 5.02 Å². The molecular weight excluding hydrogens is 220 g/mol. The van der Waals surface area contributed by atoms with Crippen molar-refractivity contribution >= 4 is 34.3 Å². The van der Waals surface area contributed by atoms with Crippen molar-refractivity contribution in [1.82, 2.24) is 0 Å². The number of benzene rings is 1. The Bertz CT molecular complexity index is 399. The third kappa shape index (κ3) is 2.13. The van der Waals surface area contributed by atoms with Crippen LogP contribution in [0.5, 0.6) is 0 Å². The van der Waals surface area contributed by atoms with Gasteiger partial charge in [0.2, 0.25) is 0 Å². The summed E-state index contributed by atoms with van der Waals surface area (Å²) in [5.74, 6) is 0. The number of hydrogen-bond donors (Lipinski definition) is 2. The Labute approximate surface area is 80.5 Å². The molecule has 0 heterocycles. The maximum atomic E-state index is 10.6. The van der Waals surface area contributed by atoms with Gasteiger partial charge in [-0.1, -0.05) is 11.6 Å². The van der Waals surface area contributed by atoms with E-state index in [9.17, 15) is 8.42 Å². The minimum absolute atomic E-state index is 0.188. The molecule has 1 N–H and O–H groups in total. The topological polar surface area (TPSA) is 54.4 Å². The van der Waals surface area contributed by atoms with E-state index in [4.69, 9.17) is 16.2 Å². The summed E-state index contributed by atoms with van der Waals surface area (Å²) in [5.41, 5.74) is 0. The van der Waals surface area contributed by atoms with Gasteiger partial charge >= 0.3 is 0 Å². The van der Waals surface area contributed by atoms with E-state index in [-0.39, 0.29) is 9.92 Å². The smallest absolute Gasteiger partial charge is 0.282 e. The highest BCUT2D eigenvalue weighted by Gasteiger charge is 2.10. The normalized spacial score (nSPS) is 11.6. The maximum Gasteiger partial charge on any atom is 0.294 e. The highest BCUT2D eigenvalue weighted by molar-refractivity contribution is 7.85. The van der Waals surface area contributed by atoms with E-state index in [1.165, 1.54) is 12.1 Å². The lowest BCUT2D eigenvalue weighted by Gasteiger charge is -1.98. The second-order valence-corrected chi connectivity index (χ2v) is 4.40. The van der Waals surface area contributed by atoms with Crippen LogP contribution in [-0.2, 0) is 10.1 Å². The summed E-state index contributed by atoms with van der Waals surface area (Å²) in [6.07, 6.45) is 0. The molecule has 0 aliphatic rings. The summed E-state index contributed by atoms with van der Waals surface area (Å²) in [6.45, 7) is 0. The highest BCUT2D eigenvalue weighted by Crippen LogP contribution is 2.22. The van der Waals surface area contributed by atoms with Gasteiger partial charge in [0, 0.05) is 4.90 Å². The van der Waals surface area contributed by atoms with E-state index in [2.05, 4.69) is 12.6 Å². The Hall–Kier alpha value is -0.230. The summed E-state index contributed by atoms with van der Waals surface area (Å²) in [5, 5.41) is 0.188. The lowest BCUT2D eigenvalue weighted by Crippen LogP contribution is -1.97. The van der Waals surface area contributed by atoms with Gasteiger partial charge in [0.25, 0.3) is 10.1 Å². The lowest BCUT2D eigenvalue weighted by molar-refractivity contribution is 0.483. The average molecular weight is 225 g/mol. The molecule has 0 aromatic heterocycles. The van der Waals surface area contributed by atoms with Crippen molar-refractivity contribution in [3.8, 4) is 0 Å². The van der Waals surface area contributed by atoms with Gasteiger partial charge in [-0.2, -0.15) is 8.42 Å². The molecule has 0 unspecified atom stereocenters. The first-order valence-electron chi connectivity index (χ1n) is 2.87. The summed E-state index contributed by atoms with van der Waals surface area (Å²) in [4.78, 5) is 0.231. The van der Waals surface area contributed by atoms with Crippen LogP contribution < -0.4 is 0 Å². The Morgan fingerprint density at radius 1 is 1.42 bits per heavy atom. The predicted molar refractivity (Wildman–Crippen MR) is 48.5 cm³/mol. The number of thiol groups is 1. The van der Waals surface area contributed by atoms with E-state index >= 15 is 0 Å². The van der Waals surface area contributed by atoms with E-state index in [0.29, 0.717) is 4.90 Å². The third-order valence-corrected chi connectivity index (χ3v) is 2.90. The van der Waals surface area contributed by atoms with Crippen molar-refractivity contribution in [2.45, 2.75) is 9.79 Å². The van der Waals surface area contributed by atoms with Crippen molar-refractivity contribution in [2.24, 2.45) is 0 Å². The monoisotopic (exact) mass is 224 g/mol. The minimum Gasteiger partial charge on any atom is -0.282 e. The molecule has 0 aliphatic carbocycles. The van der Waals surface area contributed by atoms with Gasteiger partial charge < -0.3 is 0 Å². The van der Waals surface area contributed by atoms with E-state index in [1.807, 2.05) is 0 Å². The zero-order chi connectivity index (χ0) is 9.35. The van der Waals surface area contributed by atoms with Crippen LogP contribution in [0, 0.1) is 0 Å². The number of rotatable bonds is 1. The van der Waals surface area contributed by atoms with Gasteiger partial charge in [0.05, 0.1) is 9.92 Å². The van der Waals surface area contributed by atoms with E-state index in [0.717, 1.165) is 6.07 Å².